The van der Waals surface area contributed by atoms with Gasteiger partial charge < -0.3 is 15.5 Å². The first-order valence-electron chi connectivity index (χ1n) is 6.49. The molecule has 1 aromatic carbocycles. The number of amides is 1. The molecule has 1 rings (SSSR count). The second-order valence-electron chi connectivity index (χ2n) is 4.72. The van der Waals surface area contributed by atoms with Gasteiger partial charge in [0, 0.05) is 0 Å². The third-order valence-electron chi connectivity index (χ3n) is 2.64. The number of carbonyl (C=O) groups is 1. The number of halogens is 1. The van der Waals surface area contributed by atoms with Gasteiger partial charge in [-0.25, -0.2) is 4.39 Å². The van der Waals surface area contributed by atoms with Crippen molar-refractivity contribution < 1.29 is 9.18 Å². The summed E-state index contributed by atoms with van der Waals surface area (Å²) in [6.45, 7) is 2.04. The van der Waals surface area contributed by atoms with Crippen LogP contribution in [0.1, 0.15) is 12.8 Å². The molecule has 0 radical (unpaired) electrons. The third kappa shape index (κ3) is 6.88. The van der Waals surface area contributed by atoms with E-state index in [1.54, 1.807) is 18.2 Å². The standard InChI is InChI=1S/C14H22FN3O/c1-18(2)10-6-5-9-16-11-14(19)17-13-8-4-3-7-12(13)15/h3-4,7-8,16H,5-6,9-11H2,1-2H3,(H,17,19). The summed E-state index contributed by atoms with van der Waals surface area (Å²) >= 11 is 0. The molecule has 0 aromatic heterocycles. The summed E-state index contributed by atoms with van der Waals surface area (Å²) in [5, 5.41) is 5.58. The Bertz CT molecular complexity index is 396. The highest BCUT2D eigenvalue weighted by Gasteiger charge is 2.05. The van der Waals surface area contributed by atoms with Crippen LogP contribution < -0.4 is 10.6 Å². The van der Waals surface area contributed by atoms with Crippen molar-refractivity contribution in [1.82, 2.24) is 10.2 Å². The van der Waals surface area contributed by atoms with Crippen LogP contribution in [-0.2, 0) is 4.79 Å². The summed E-state index contributed by atoms with van der Waals surface area (Å²) in [5.74, 6) is -0.639. The van der Waals surface area contributed by atoms with Gasteiger partial charge in [0.25, 0.3) is 0 Å². The Balaban J connectivity index is 2.13. The second-order valence-corrected chi connectivity index (χ2v) is 4.72. The van der Waals surface area contributed by atoms with Crippen LogP contribution in [0.5, 0.6) is 0 Å². The normalized spacial score (nSPS) is 10.7. The lowest BCUT2D eigenvalue weighted by molar-refractivity contribution is -0.115. The third-order valence-corrected chi connectivity index (χ3v) is 2.64. The molecule has 5 heteroatoms. The van der Waals surface area contributed by atoms with Crippen molar-refractivity contribution in [3.05, 3.63) is 30.1 Å². The topological polar surface area (TPSA) is 44.4 Å². The monoisotopic (exact) mass is 267 g/mol. The van der Waals surface area contributed by atoms with E-state index in [1.807, 2.05) is 14.1 Å². The van der Waals surface area contributed by atoms with E-state index in [0.717, 1.165) is 25.9 Å². The molecule has 1 amide bonds. The zero-order chi connectivity index (χ0) is 14.1. The minimum absolute atomic E-state index is 0.205. The quantitative estimate of drug-likeness (QED) is 0.705. The lowest BCUT2D eigenvalue weighted by Crippen LogP contribution is -2.29. The molecule has 0 unspecified atom stereocenters. The highest BCUT2D eigenvalue weighted by atomic mass is 19.1. The van der Waals surface area contributed by atoms with Gasteiger partial charge in [-0.3, -0.25) is 4.79 Å². The number of hydrogen-bond donors (Lipinski definition) is 2. The van der Waals surface area contributed by atoms with Gasteiger partial charge in [0.2, 0.25) is 5.91 Å². The number of unbranched alkanes of at least 4 members (excludes halogenated alkanes) is 1. The molecule has 19 heavy (non-hydrogen) atoms. The first kappa shape index (κ1) is 15.6. The van der Waals surface area contributed by atoms with Crippen LogP contribution >= 0.6 is 0 Å². The molecule has 0 spiro atoms. The molecule has 0 aliphatic rings. The Morgan fingerprint density at radius 1 is 1.26 bits per heavy atom. The van der Waals surface area contributed by atoms with Crippen LogP contribution in [-0.4, -0.2) is 44.5 Å². The molecule has 0 bridgehead atoms. The molecule has 0 saturated heterocycles. The van der Waals surface area contributed by atoms with Crippen molar-refractivity contribution >= 4 is 11.6 Å². The maximum absolute atomic E-state index is 13.3. The van der Waals surface area contributed by atoms with Crippen LogP contribution in [0.25, 0.3) is 0 Å². The molecule has 106 valence electrons. The summed E-state index contributed by atoms with van der Waals surface area (Å²) in [4.78, 5) is 13.7. The van der Waals surface area contributed by atoms with Gasteiger partial charge in [0.1, 0.15) is 5.82 Å². The molecule has 0 heterocycles. The fraction of sp³-hybridized carbons (Fsp3) is 0.500. The molecule has 0 atom stereocenters. The summed E-state index contributed by atoms with van der Waals surface area (Å²) in [7, 11) is 4.07. The number of anilines is 1. The molecule has 0 aliphatic carbocycles. The predicted molar refractivity (Wildman–Crippen MR) is 75.7 cm³/mol. The number of hydrogen-bond acceptors (Lipinski definition) is 3. The number of nitrogens with zero attached hydrogens (tertiary/aromatic N) is 1. The van der Waals surface area contributed by atoms with Crippen molar-refractivity contribution in [2.45, 2.75) is 12.8 Å². The number of rotatable bonds is 8. The summed E-state index contributed by atoms with van der Waals surface area (Å²) in [5.41, 5.74) is 0.224. The Morgan fingerprint density at radius 3 is 2.68 bits per heavy atom. The second kappa shape index (κ2) is 8.61. The SMILES string of the molecule is CN(C)CCCCNCC(=O)Nc1ccccc1F. The van der Waals surface area contributed by atoms with Crippen molar-refractivity contribution in [3.8, 4) is 0 Å². The number of benzene rings is 1. The van der Waals surface area contributed by atoms with Crippen LogP contribution in [0.3, 0.4) is 0 Å². The van der Waals surface area contributed by atoms with Gasteiger partial charge in [0.15, 0.2) is 0 Å². The van der Waals surface area contributed by atoms with E-state index in [1.165, 1.54) is 6.07 Å². The van der Waals surface area contributed by atoms with Crippen LogP contribution in [0.4, 0.5) is 10.1 Å². The van der Waals surface area contributed by atoms with Crippen molar-refractivity contribution in [2.75, 3.05) is 39.0 Å². The fourth-order valence-corrected chi connectivity index (χ4v) is 1.64. The van der Waals surface area contributed by atoms with Crippen LogP contribution in [0.2, 0.25) is 0 Å². The predicted octanol–water partition coefficient (Wildman–Crippen LogP) is 1.70. The number of carbonyl (C=O) groups excluding carboxylic acids is 1. The minimum atomic E-state index is -0.415. The molecule has 0 aliphatic heterocycles. The molecular weight excluding hydrogens is 245 g/mol. The minimum Gasteiger partial charge on any atom is -0.322 e. The first-order valence-corrected chi connectivity index (χ1v) is 6.49. The first-order chi connectivity index (χ1) is 9.09. The zero-order valence-corrected chi connectivity index (χ0v) is 11.6. The van der Waals surface area contributed by atoms with E-state index >= 15 is 0 Å². The summed E-state index contributed by atoms with van der Waals surface area (Å²) < 4.78 is 13.3. The van der Waals surface area contributed by atoms with Gasteiger partial charge >= 0.3 is 0 Å². The largest absolute Gasteiger partial charge is 0.322 e. The average Bonchev–Trinajstić information content (AvgIpc) is 2.36. The molecule has 0 saturated carbocycles. The van der Waals surface area contributed by atoms with Crippen LogP contribution in [0, 0.1) is 5.82 Å². The smallest absolute Gasteiger partial charge is 0.238 e. The van der Waals surface area contributed by atoms with E-state index in [2.05, 4.69) is 15.5 Å². The van der Waals surface area contributed by atoms with Crippen molar-refractivity contribution in [2.24, 2.45) is 0 Å². The lowest BCUT2D eigenvalue weighted by Gasteiger charge is -2.09. The van der Waals surface area contributed by atoms with E-state index < -0.39 is 5.82 Å². The van der Waals surface area contributed by atoms with Gasteiger partial charge in [-0.15, -0.1) is 0 Å². The summed E-state index contributed by atoms with van der Waals surface area (Å²) in [6.07, 6.45) is 2.11. The summed E-state index contributed by atoms with van der Waals surface area (Å²) in [6, 6.07) is 6.15. The maximum atomic E-state index is 13.3. The molecule has 2 N–H and O–H groups in total. The highest BCUT2D eigenvalue weighted by molar-refractivity contribution is 5.92. The zero-order valence-electron chi connectivity index (χ0n) is 11.6. The Hall–Kier alpha value is -1.46. The maximum Gasteiger partial charge on any atom is 0.238 e. The van der Waals surface area contributed by atoms with Gasteiger partial charge in [-0.2, -0.15) is 0 Å². The van der Waals surface area contributed by atoms with E-state index in [0.29, 0.717) is 0 Å². The number of nitrogens with one attached hydrogen (secondary N) is 2. The van der Waals surface area contributed by atoms with Crippen LogP contribution in [0.15, 0.2) is 24.3 Å². The van der Waals surface area contributed by atoms with Crippen molar-refractivity contribution in [3.63, 3.8) is 0 Å². The fourth-order valence-electron chi connectivity index (χ4n) is 1.64. The number of para-hydroxylation sites is 1. The van der Waals surface area contributed by atoms with E-state index in [9.17, 15) is 9.18 Å². The lowest BCUT2D eigenvalue weighted by atomic mass is 10.3. The Labute approximate surface area is 114 Å². The van der Waals surface area contributed by atoms with Crippen molar-refractivity contribution in [1.29, 1.82) is 0 Å². The molecule has 1 aromatic rings. The molecule has 0 fully saturated rings. The van der Waals surface area contributed by atoms with E-state index in [-0.39, 0.29) is 18.1 Å². The molecule has 4 nitrogen and oxygen atoms in total. The molecular formula is C14H22FN3O. The highest BCUT2D eigenvalue weighted by Crippen LogP contribution is 2.11. The van der Waals surface area contributed by atoms with Gasteiger partial charge in [0.05, 0.1) is 12.2 Å². The van der Waals surface area contributed by atoms with Gasteiger partial charge in [-0.1, -0.05) is 12.1 Å². The Morgan fingerprint density at radius 2 is 2.00 bits per heavy atom. The average molecular weight is 267 g/mol. The van der Waals surface area contributed by atoms with E-state index in [4.69, 9.17) is 0 Å². The van der Waals surface area contributed by atoms with Gasteiger partial charge in [-0.05, 0) is 52.2 Å². The Kier molecular flexibility index (Phi) is 7.07.